The van der Waals surface area contributed by atoms with Gasteiger partial charge in [-0.25, -0.2) is 0 Å². The molecule has 2 rings (SSSR count). The molecule has 0 saturated heterocycles. The molecule has 1 unspecified atom stereocenters. The highest BCUT2D eigenvalue weighted by atomic mass is 35.5. The third kappa shape index (κ3) is 4.13. The lowest BCUT2D eigenvalue weighted by molar-refractivity contribution is -0.142. The van der Waals surface area contributed by atoms with E-state index >= 15 is 0 Å². The normalized spacial score (nSPS) is 17.0. The van der Waals surface area contributed by atoms with Crippen LogP contribution in [-0.4, -0.2) is 29.0 Å². The number of halogens is 1. The number of rotatable bonds is 5. The standard InChI is InChI=1S/C17H24ClNO2/c1-12(2)19(15-8-4-5-9-15)17(20)13(3)21-16-10-6-7-14(18)11-16/h6-7,10-13,15H,4-5,8-9H2,1-3H3. The first-order chi connectivity index (χ1) is 9.99. The Hall–Kier alpha value is -1.22. The molecule has 0 aliphatic heterocycles. The predicted molar refractivity (Wildman–Crippen MR) is 85.8 cm³/mol. The first-order valence-electron chi connectivity index (χ1n) is 7.73. The van der Waals surface area contributed by atoms with Gasteiger partial charge in [0.25, 0.3) is 5.91 Å². The average Bonchev–Trinajstić information content (AvgIpc) is 2.92. The van der Waals surface area contributed by atoms with E-state index in [1.807, 2.05) is 24.0 Å². The summed E-state index contributed by atoms with van der Waals surface area (Å²) in [5, 5.41) is 0.614. The monoisotopic (exact) mass is 309 g/mol. The SMILES string of the molecule is CC(Oc1cccc(Cl)c1)C(=O)N(C(C)C)C1CCCC1. The van der Waals surface area contributed by atoms with Gasteiger partial charge < -0.3 is 9.64 Å². The molecule has 116 valence electrons. The van der Waals surface area contributed by atoms with Crippen LogP contribution in [-0.2, 0) is 4.79 Å². The van der Waals surface area contributed by atoms with Crippen LogP contribution in [0.15, 0.2) is 24.3 Å². The fourth-order valence-corrected chi connectivity index (χ4v) is 3.22. The van der Waals surface area contributed by atoms with E-state index in [4.69, 9.17) is 16.3 Å². The lowest BCUT2D eigenvalue weighted by Crippen LogP contribution is -2.49. The van der Waals surface area contributed by atoms with E-state index in [0.29, 0.717) is 16.8 Å². The molecule has 1 saturated carbocycles. The summed E-state index contributed by atoms with van der Waals surface area (Å²) in [6.45, 7) is 5.96. The van der Waals surface area contributed by atoms with Crippen molar-refractivity contribution in [3.8, 4) is 5.75 Å². The van der Waals surface area contributed by atoms with Gasteiger partial charge in [-0.05, 0) is 51.8 Å². The number of carbonyl (C=O) groups is 1. The second-order valence-electron chi connectivity index (χ2n) is 5.99. The molecule has 1 atom stereocenters. The summed E-state index contributed by atoms with van der Waals surface area (Å²) >= 11 is 5.95. The van der Waals surface area contributed by atoms with Crippen LogP contribution in [0.25, 0.3) is 0 Å². The molecule has 0 heterocycles. The number of carbonyl (C=O) groups excluding carboxylic acids is 1. The highest BCUT2D eigenvalue weighted by molar-refractivity contribution is 6.30. The van der Waals surface area contributed by atoms with Gasteiger partial charge in [-0.2, -0.15) is 0 Å². The van der Waals surface area contributed by atoms with Crippen molar-refractivity contribution in [2.75, 3.05) is 0 Å². The Balaban J connectivity index is 2.05. The molecule has 1 aliphatic carbocycles. The highest BCUT2D eigenvalue weighted by Gasteiger charge is 2.32. The molecule has 1 aliphatic rings. The maximum atomic E-state index is 12.7. The molecule has 0 spiro atoms. The Morgan fingerprint density at radius 1 is 1.29 bits per heavy atom. The Morgan fingerprint density at radius 2 is 1.95 bits per heavy atom. The van der Waals surface area contributed by atoms with Crippen LogP contribution in [0.3, 0.4) is 0 Å². The van der Waals surface area contributed by atoms with Gasteiger partial charge in [-0.15, -0.1) is 0 Å². The Labute approximate surface area is 132 Å². The number of hydrogen-bond acceptors (Lipinski definition) is 2. The number of nitrogens with zero attached hydrogens (tertiary/aromatic N) is 1. The van der Waals surface area contributed by atoms with Gasteiger partial charge in [-0.3, -0.25) is 4.79 Å². The molecule has 0 radical (unpaired) electrons. The summed E-state index contributed by atoms with van der Waals surface area (Å²) in [6, 6.07) is 7.74. The lowest BCUT2D eigenvalue weighted by Gasteiger charge is -2.34. The maximum Gasteiger partial charge on any atom is 0.263 e. The molecule has 0 bridgehead atoms. The molecule has 3 nitrogen and oxygen atoms in total. The van der Waals surface area contributed by atoms with Crippen LogP contribution < -0.4 is 4.74 Å². The van der Waals surface area contributed by atoms with Crippen LogP contribution >= 0.6 is 11.6 Å². The Morgan fingerprint density at radius 3 is 2.52 bits per heavy atom. The third-order valence-electron chi connectivity index (χ3n) is 3.99. The van der Waals surface area contributed by atoms with Gasteiger partial charge in [-0.1, -0.05) is 30.5 Å². The van der Waals surface area contributed by atoms with E-state index in [-0.39, 0.29) is 11.9 Å². The zero-order chi connectivity index (χ0) is 15.4. The minimum Gasteiger partial charge on any atom is -0.481 e. The van der Waals surface area contributed by atoms with Crippen LogP contribution in [0.1, 0.15) is 46.5 Å². The summed E-state index contributed by atoms with van der Waals surface area (Å²) in [4.78, 5) is 14.7. The minimum absolute atomic E-state index is 0.0666. The fourth-order valence-electron chi connectivity index (χ4n) is 3.04. The fraction of sp³-hybridized carbons (Fsp3) is 0.588. The van der Waals surface area contributed by atoms with Crippen molar-refractivity contribution in [2.45, 2.75) is 64.6 Å². The smallest absolute Gasteiger partial charge is 0.263 e. The Kier molecular flexibility index (Phi) is 5.51. The molecule has 1 aromatic rings. The van der Waals surface area contributed by atoms with Crippen molar-refractivity contribution >= 4 is 17.5 Å². The van der Waals surface area contributed by atoms with Crippen LogP contribution in [0.4, 0.5) is 0 Å². The van der Waals surface area contributed by atoms with Crippen molar-refractivity contribution in [1.29, 1.82) is 0 Å². The number of hydrogen-bond donors (Lipinski definition) is 0. The number of amides is 1. The van der Waals surface area contributed by atoms with Crippen LogP contribution in [0, 0.1) is 0 Å². The van der Waals surface area contributed by atoms with Crippen molar-refractivity contribution in [3.05, 3.63) is 29.3 Å². The van der Waals surface area contributed by atoms with Crippen molar-refractivity contribution in [3.63, 3.8) is 0 Å². The largest absolute Gasteiger partial charge is 0.481 e. The first kappa shape index (κ1) is 16.2. The molecule has 1 amide bonds. The van der Waals surface area contributed by atoms with E-state index in [1.54, 1.807) is 12.1 Å². The van der Waals surface area contributed by atoms with Crippen molar-refractivity contribution in [2.24, 2.45) is 0 Å². The summed E-state index contributed by atoms with van der Waals surface area (Å²) in [5.41, 5.74) is 0. The second kappa shape index (κ2) is 7.17. The molecule has 0 aromatic heterocycles. The first-order valence-corrected chi connectivity index (χ1v) is 8.11. The van der Waals surface area contributed by atoms with E-state index in [1.165, 1.54) is 12.8 Å². The predicted octanol–water partition coefficient (Wildman–Crippen LogP) is 4.29. The zero-order valence-electron chi connectivity index (χ0n) is 13.0. The Bertz CT molecular complexity index is 483. The van der Waals surface area contributed by atoms with E-state index in [0.717, 1.165) is 12.8 Å². The maximum absolute atomic E-state index is 12.7. The van der Waals surface area contributed by atoms with Gasteiger partial charge in [0.05, 0.1) is 0 Å². The molecule has 1 fully saturated rings. The quantitative estimate of drug-likeness (QED) is 0.812. The number of ether oxygens (including phenoxy) is 1. The summed E-state index contributed by atoms with van der Waals surface area (Å²) < 4.78 is 5.77. The van der Waals surface area contributed by atoms with Gasteiger partial charge in [0, 0.05) is 17.1 Å². The van der Waals surface area contributed by atoms with Gasteiger partial charge in [0.15, 0.2) is 6.10 Å². The van der Waals surface area contributed by atoms with Gasteiger partial charge in [0.2, 0.25) is 0 Å². The number of benzene rings is 1. The molecule has 4 heteroatoms. The summed E-state index contributed by atoms with van der Waals surface area (Å²) in [6.07, 6.45) is 4.14. The van der Waals surface area contributed by atoms with E-state index < -0.39 is 6.10 Å². The van der Waals surface area contributed by atoms with Crippen molar-refractivity contribution < 1.29 is 9.53 Å². The average molecular weight is 310 g/mol. The summed E-state index contributed by atoms with van der Waals surface area (Å²) in [7, 11) is 0. The van der Waals surface area contributed by atoms with Gasteiger partial charge in [0.1, 0.15) is 5.75 Å². The lowest BCUT2D eigenvalue weighted by atomic mass is 10.1. The molecule has 1 aromatic carbocycles. The summed E-state index contributed by atoms with van der Waals surface area (Å²) in [5.74, 6) is 0.704. The van der Waals surface area contributed by atoms with E-state index in [9.17, 15) is 4.79 Å². The van der Waals surface area contributed by atoms with Gasteiger partial charge >= 0.3 is 0 Å². The topological polar surface area (TPSA) is 29.5 Å². The molecular formula is C17H24ClNO2. The third-order valence-corrected chi connectivity index (χ3v) is 4.22. The zero-order valence-corrected chi connectivity index (χ0v) is 13.8. The van der Waals surface area contributed by atoms with Crippen LogP contribution in [0.2, 0.25) is 5.02 Å². The van der Waals surface area contributed by atoms with E-state index in [2.05, 4.69) is 13.8 Å². The highest BCUT2D eigenvalue weighted by Crippen LogP contribution is 2.26. The van der Waals surface area contributed by atoms with Crippen LogP contribution in [0.5, 0.6) is 5.75 Å². The van der Waals surface area contributed by atoms with Crippen molar-refractivity contribution in [1.82, 2.24) is 4.90 Å². The molecule has 21 heavy (non-hydrogen) atoms. The second-order valence-corrected chi connectivity index (χ2v) is 6.43. The molecule has 0 N–H and O–H groups in total. The minimum atomic E-state index is -0.494. The molecular weight excluding hydrogens is 286 g/mol.